The molecule has 0 amide bonds. The van der Waals surface area contributed by atoms with Crippen molar-refractivity contribution in [3.05, 3.63) is 41.9 Å². The molecular weight excluding hydrogens is 660 g/mol. The van der Waals surface area contributed by atoms with Crippen molar-refractivity contribution in [3.63, 3.8) is 0 Å². The molecule has 1 aliphatic carbocycles. The molecule has 14 nitrogen and oxygen atoms in total. The Labute approximate surface area is 307 Å². The first-order valence-electron chi connectivity index (χ1n) is 18.6. The van der Waals surface area contributed by atoms with Gasteiger partial charge in [-0.1, -0.05) is 19.9 Å². The summed E-state index contributed by atoms with van der Waals surface area (Å²) in [5.74, 6) is 1.72. The smallest absolute Gasteiger partial charge is 0.313 e. The van der Waals surface area contributed by atoms with Crippen molar-refractivity contribution in [2.45, 2.75) is 118 Å². The van der Waals surface area contributed by atoms with Gasteiger partial charge in [0.15, 0.2) is 0 Å². The molecule has 52 heavy (non-hydrogen) atoms. The number of aryl methyl sites for hydroxylation is 1. The molecule has 2 fully saturated rings. The largest absolute Gasteiger partial charge is 0.437 e. The van der Waals surface area contributed by atoms with E-state index in [-0.39, 0.29) is 24.5 Å². The third-order valence-corrected chi connectivity index (χ3v) is 9.73. The molecule has 4 heterocycles. The maximum Gasteiger partial charge on any atom is 0.313 e. The number of tetrazole rings is 1. The summed E-state index contributed by atoms with van der Waals surface area (Å²) in [6, 6.07) is 11.5. The quantitative estimate of drug-likeness (QED) is 0.160. The molecule has 1 saturated heterocycles. The Morgan fingerprint density at radius 1 is 1.12 bits per heavy atom. The van der Waals surface area contributed by atoms with E-state index in [1.165, 1.54) is 4.80 Å². The number of carbonyl (C=O) groups is 1. The Morgan fingerprint density at radius 2 is 1.85 bits per heavy atom. The van der Waals surface area contributed by atoms with Crippen molar-refractivity contribution < 1.29 is 19.0 Å². The maximum atomic E-state index is 12.5. The molecule has 0 spiro atoms. The number of nitrogens with one attached hydrogen (secondary N) is 3. The zero-order chi connectivity index (χ0) is 37.3. The molecular formula is C38H56N10O4. The van der Waals surface area contributed by atoms with Gasteiger partial charge in [-0.15, -0.1) is 15.0 Å². The van der Waals surface area contributed by atoms with Crippen molar-refractivity contribution >= 4 is 17.6 Å². The molecule has 2 aliphatic rings. The number of hydrogen-bond donors (Lipinski definition) is 3. The van der Waals surface area contributed by atoms with Gasteiger partial charge in [0, 0.05) is 55.6 Å². The van der Waals surface area contributed by atoms with Gasteiger partial charge in [0.2, 0.25) is 12.1 Å². The lowest BCUT2D eigenvalue weighted by molar-refractivity contribution is -0.169. The van der Waals surface area contributed by atoms with Crippen LogP contribution in [0.2, 0.25) is 0 Å². The molecule has 0 unspecified atom stereocenters. The van der Waals surface area contributed by atoms with Crippen LogP contribution in [0.4, 0.5) is 11.6 Å². The lowest BCUT2D eigenvalue weighted by atomic mass is 9.82. The Hall–Kier alpha value is -4.19. The fraction of sp³-hybridized carbons (Fsp3) is 0.658. The fourth-order valence-electron chi connectivity index (χ4n) is 6.46. The second-order valence-corrected chi connectivity index (χ2v) is 15.7. The van der Waals surface area contributed by atoms with Crippen molar-refractivity contribution in [3.8, 4) is 17.3 Å². The second-order valence-electron chi connectivity index (χ2n) is 15.7. The number of pyridine rings is 2. The van der Waals surface area contributed by atoms with Crippen LogP contribution in [0.3, 0.4) is 0 Å². The number of aromatic nitrogens is 6. The summed E-state index contributed by atoms with van der Waals surface area (Å²) in [5, 5.41) is 33.3. The normalized spacial score (nSPS) is 20.1. The van der Waals surface area contributed by atoms with Crippen LogP contribution < -0.4 is 16.0 Å². The molecule has 3 aromatic heterocycles. The first kappa shape index (κ1) is 39.0. The molecule has 1 aliphatic heterocycles. The predicted molar refractivity (Wildman–Crippen MR) is 198 cm³/mol. The van der Waals surface area contributed by atoms with Gasteiger partial charge < -0.3 is 30.2 Å². The van der Waals surface area contributed by atoms with Crippen LogP contribution in [0.15, 0.2) is 30.5 Å². The van der Waals surface area contributed by atoms with E-state index in [1.54, 1.807) is 0 Å². The van der Waals surface area contributed by atoms with Crippen LogP contribution >= 0.6 is 0 Å². The molecule has 3 aromatic rings. The average Bonchev–Trinajstić information content (AvgIpc) is 3.59. The minimum absolute atomic E-state index is 0.0229. The van der Waals surface area contributed by atoms with E-state index in [0.29, 0.717) is 44.3 Å². The highest BCUT2D eigenvalue weighted by Crippen LogP contribution is 2.31. The lowest BCUT2D eigenvalue weighted by Gasteiger charge is -2.32. The van der Waals surface area contributed by atoms with E-state index in [1.807, 2.05) is 59.0 Å². The number of rotatable bonds is 15. The monoisotopic (exact) mass is 716 g/mol. The van der Waals surface area contributed by atoms with Gasteiger partial charge in [-0.25, -0.2) is 9.97 Å². The summed E-state index contributed by atoms with van der Waals surface area (Å²) in [6.45, 7) is 16.0. The van der Waals surface area contributed by atoms with Crippen molar-refractivity contribution in [1.82, 2.24) is 35.5 Å². The molecule has 3 N–H and O–H groups in total. The molecule has 1 saturated carbocycles. The number of nitriles is 1. The lowest BCUT2D eigenvalue weighted by Crippen LogP contribution is -2.43. The minimum atomic E-state index is -0.634. The van der Waals surface area contributed by atoms with Gasteiger partial charge in [-0.3, -0.25) is 4.79 Å². The summed E-state index contributed by atoms with van der Waals surface area (Å²) in [7, 11) is 0. The molecule has 5 rings (SSSR count). The fourth-order valence-corrected chi connectivity index (χ4v) is 6.46. The number of ether oxygens (including phenoxy) is 3. The number of anilines is 2. The number of carbonyl (C=O) groups excluding carboxylic acids is 1. The van der Waals surface area contributed by atoms with Crippen LogP contribution in [0.25, 0.3) is 11.3 Å². The van der Waals surface area contributed by atoms with Crippen molar-refractivity contribution in [1.29, 1.82) is 5.26 Å². The zero-order valence-corrected chi connectivity index (χ0v) is 31.8. The van der Waals surface area contributed by atoms with Crippen LogP contribution in [0.5, 0.6) is 0 Å². The van der Waals surface area contributed by atoms with Crippen molar-refractivity contribution in [2.75, 3.05) is 37.0 Å². The van der Waals surface area contributed by atoms with Crippen LogP contribution in [0, 0.1) is 35.0 Å². The van der Waals surface area contributed by atoms with Gasteiger partial charge in [-0.05, 0) is 102 Å². The first-order valence-corrected chi connectivity index (χ1v) is 18.6. The first-order chi connectivity index (χ1) is 24.8. The van der Waals surface area contributed by atoms with Crippen LogP contribution in [0.1, 0.15) is 97.7 Å². The van der Waals surface area contributed by atoms with E-state index in [4.69, 9.17) is 24.2 Å². The van der Waals surface area contributed by atoms with E-state index in [2.05, 4.69) is 57.3 Å². The summed E-state index contributed by atoms with van der Waals surface area (Å²) < 4.78 is 17.1. The number of esters is 1. The predicted octanol–water partition coefficient (Wildman–Crippen LogP) is 5.83. The van der Waals surface area contributed by atoms with E-state index < -0.39 is 17.1 Å². The van der Waals surface area contributed by atoms with Crippen molar-refractivity contribution in [2.24, 2.45) is 16.7 Å². The van der Waals surface area contributed by atoms with E-state index in [9.17, 15) is 10.1 Å². The topological polar surface area (TPSA) is 174 Å². The maximum absolute atomic E-state index is 12.5. The van der Waals surface area contributed by atoms with Gasteiger partial charge in [-0.2, -0.15) is 5.26 Å². The van der Waals surface area contributed by atoms with Gasteiger partial charge in [0.1, 0.15) is 18.2 Å². The van der Waals surface area contributed by atoms with E-state index >= 15 is 0 Å². The zero-order valence-electron chi connectivity index (χ0n) is 31.8. The summed E-state index contributed by atoms with van der Waals surface area (Å²) in [5.41, 5.74) is 1.91. The van der Waals surface area contributed by atoms with Gasteiger partial charge >= 0.3 is 5.97 Å². The highest BCUT2D eigenvalue weighted by molar-refractivity contribution is 5.75. The Balaban J connectivity index is 1.05. The second kappa shape index (κ2) is 17.6. The van der Waals surface area contributed by atoms with Crippen LogP contribution in [-0.2, 0) is 25.6 Å². The minimum Gasteiger partial charge on any atom is -0.437 e. The Kier molecular flexibility index (Phi) is 13.2. The van der Waals surface area contributed by atoms with Gasteiger partial charge in [0.25, 0.3) is 0 Å². The molecule has 0 aromatic carbocycles. The molecule has 0 radical (unpaired) electrons. The van der Waals surface area contributed by atoms with Crippen LogP contribution in [-0.4, -0.2) is 80.6 Å². The standard InChI is InChI=1S/C38H56N10O4/c1-25(2)35(52-36(49)37(5,6)7)48-46-34(45-47-48)22-51-21-27(4)42-28-11-13-29(14-12-28)43-33-19-30(26(3)20-40-33)31-9-8-10-32(44-31)41-24-38(23-39)15-17-50-18-16-38/h8-10,19-20,25,27-29,35,42H,11-18,21-22,24H2,1-7H3,(H,40,43)(H,41,44)/t27-,28-,29-,35-/m0/s1. The highest BCUT2D eigenvalue weighted by atomic mass is 16.6. The highest BCUT2D eigenvalue weighted by Gasteiger charge is 2.33. The number of hydrogen-bond acceptors (Lipinski definition) is 13. The molecule has 282 valence electrons. The SMILES string of the molecule is Cc1cnc(N[C@H]2CC[C@H](N[C@@H](C)COCc3nnn([C@@H](OC(=O)C(C)(C)C)C(C)C)n3)CC2)cc1-c1cccc(NCC2(C#N)CCOCC2)n1. The molecule has 0 bridgehead atoms. The molecule has 2 atom stereocenters. The average molecular weight is 717 g/mol. The van der Waals surface area contributed by atoms with Gasteiger partial charge in [0.05, 0.1) is 29.2 Å². The number of nitrogens with zero attached hydrogens (tertiary/aromatic N) is 7. The summed E-state index contributed by atoms with van der Waals surface area (Å²) in [6.07, 6.45) is 6.88. The summed E-state index contributed by atoms with van der Waals surface area (Å²) >= 11 is 0. The summed E-state index contributed by atoms with van der Waals surface area (Å²) in [4.78, 5) is 23.4. The third kappa shape index (κ3) is 10.7. The Morgan fingerprint density at radius 3 is 2.54 bits per heavy atom. The third-order valence-electron chi connectivity index (χ3n) is 9.73. The van der Waals surface area contributed by atoms with E-state index in [0.717, 1.165) is 67.0 Å². The molecule has 14 heteroatoms. The Bertz CT molecular complexity index is 1650.